The molecule has 0 aliphatic rings. The molecule has 0 aliphatic heterocycles. The Hall–Kier alpha value is 0.170. The largest absolute Gasteiger partial charge is 0.320 e. The van der Waals surface area contributed by atoms with Gasteiger partial charge < -0.3 is 5.21 Å². The highest BCUT2D eigenvalue weighted by molar-refractivity contribution is 6.11. The molecule has 4 heteroatoms. The topological polar surface area (TPSA) is 72.3 Å². The summed E-state index contributed by atoms with van der Waals surface area (Å²) in [5, 5.41) is 10.5. The van der Waals surface area contributed by atoms with Gasteiger partial charge in [0.2, 0.25) is 0 Å². The van der Waals surface area contributed by atoms with Crippen LogP contribution in [0, 0.1) is 0 Å². The Balaban J connectivity index is 0. The van der Waals surface area contributed by atoms with Gasteiger partial charge in [-0.3, -0.25) is 0 Å². The van der Waals surface area contributed by atoms with Crippen molar-refractivity contribution in [1.29, 1.82) is 0 Å². The minimum absolute atomic E-state index is 3.50. The van der Waals surface area contributed by atoms with Crippen LogP contribution in [-0.4, -0.2) is 5.21 Å². The standard InChI is InChI=1S/ClH2N.H3NO/c2*1-2/h2H2;2H,1H2. The Bertz CT molecular complexity index is 6.00. The first-order valence-corrected chi connectivity index (χ1v) is 0.913. The summed E-state index contributed by atoms with van der Waals surface area (Å²) < 4.78 is 0. The van der Waals surface area contributed by atoms with Gasteiger partial charge in [0.15, 0.2) is 0 Å². The highest BCUT2D eigenvalue weighted by atomic mass is 35.5. The van der Waals surface area contributed by atoms with Gasteiger partial charge in [-0.1, -0.05) is 0 Å². The molecule has 0 rings (SSSR count). The van der Waals surface area contributed by atoms with Crippen LogP contribution in [0.25, 0.3) is 0 Å². The molecule has 0 spiro atoms. The third kappa shape index (κ3) is 103. The zero-order chi connectivity index (χ0) is 4.00. The van der Waals surface area contributed by atoms with Crippen LogP contribution in [0.3, 0.4) is 0 Å². The fourth-order valence-electron chi connectivity index (χ4n) is 0. The average molecular weight is 84.5 g/mol. The summed E-state index contributed by atoms with van der Waals surface area (Å²) in [6, 6.07) is 0. The van der Waals surface area contributed by atoms with Crippen molar-refractivity contribution in [2.75, 3.05) is 0 Å². The van der Waals surface area contributed by atoms with E-state index in [0.29, 0.717) is 0 Å². The zero-order valence-electron chi connectivity index (χ0n) is 1.98. The minimum Gasteiger partial charge on any atom is -0.320 e. The number of hydrogen-bond acceptors (Lipinski definition) is 3. The van der Waals surface area contributed by atoms with Crippen molar-refractivity contribution in [2.45, 2.75) is 0 Å². The number of hydrogen-bond donors (Lipinski definition) is 3. The van der Waals surface area contributed by atoms with Crippen LogP contribution in [-0.2, 0) is 0 Å². The van der Waals surface area contributed by atoms with Gasteiger partial charge in [0.25, 0.3) is 0 Å². The lowest BCUT2D eigenvalue weighted by Gasteiger charge is -1.27. The van der Waals surface area contributed by atoms with Gasteiger partial charge in [0.1, 0.15) is 0 Å². The van der Waals surface area contributed by atoms with Crippen LogP contribution >= 0.6 is 11.8 Å². The Labute approximate surface area is 29.2 Å². The van der Waals surface area contributed by atoms with E-state index >= 15 is 0 Å². The molecule has 0 aliphatic carbocycles. The molecule has 0 saturated heterocycles. The minimum atomic E-state index is 3.50. The molecular weight excluding hydrogens is 79.5 g/mol. The molecule has 0 atom stereocenters. The smallest absolute Gasteiger partial charge is 0.0285 e. The summed E-state index contributed by atoms with van der Waals surface area (Å²) in [7, 11) is 0. The summed E-state index contributed by atoms with van der Waals surface area (Å²) in [6.45, 7) is 0. The second-order valence-electron chi connectivity index (χ2n) is 0. The second-order valence-corrected chi connectivity index (χ2v) is 0. The van der Waals surface area contributed by atoms with Crippen LogP contribution < -0.4 is 11.1 Å². The van der Waals surface area contributed by atoms with Crippen molar-refractivity contribution in [3.05, 3.63) is 0 Å². The lowest BCUT2D eigenvalue weighted by Crippen LogP contribution is -1.72. The van der Waals surface area contributed by atoms with E-state index < -0.39 is 0 Å². The van der Waals surface area contributed by atoms with Crippen molar-refractivity contribution < 1.29 is 5.21 Å². The molecular formula is H5ClN2O. The summed E-state index contributed by atoms with van der Waals surface area (Å²) in [5.41, 5.74) is 0. The summed E-state index contributed by atoms with van der Waals surface area (Å²) in [4.78, 5) is 0. The monoisotopic (exact) mass is 84.0 g/mol. The van der Waals surface area contributed by atoms with Crippen LogP contribution in [0.4, 0.5) is 0 Å². The molecule has 0 radical (unpaired) electrons. The van der Waals surface area contributed by atoms with E-state index in [9.17, 15) is 0 Å². The quantitative estimate of drug-likeness (QED) is 0.272. The fraction of sp³-hybridized carbons (Fsp3) is 0. The molecule has 5 N–H and O–H groups in total. The number of halogens is 1. The molecule has 0 aromatic carbocycles. The van der Waals surface area contributed by atoms with E-state index in [0.717, 1.165) is 0 Å². The molecule has 0 heterocycles. The second kappa shape index (κ2) is 517. The van der Waals surface area contributed by atoms with Crippen LogP contribution in [0.2, 0.25) is 0 Å². The molecule has 0 unspecified atom stereocenters. The van der Waals surface area contributed by atoms with E-state index in [1.807, 2.05) is 0 Å². The third-order valence-corrected chi connectivity index (χ3v) is 0. The normalized spacial score (nSPS) is 3.00. The highest BCUT2D eigenvalue weighted by Gasteiger charge is 0.868. The summed E-state index contributed by atoms with van der Waals surface area (Å²) in [5.74, 6) is 3.50. The third-order valence-electron chi connectivity index (χ3n) is 0. The van der Waals surface area contributed by atoms with Gasteiger partial charge in [-0.25, -0.2) is 11.1 Å². The number of rotatable bonds is 0. The predicted octanol–water partition coefficient (Wildman–Crippen LogP) is -0.567. The van der Waals surface area contributed by atoms with Gasteiger partial charge in [-0.15, -0.1) is 0 Å². The summed E-state index contributed by atoms with van der Waals surface area (Å²) >= 11 is 4.14. The van der Waals surface area contributed by atoms with Crippen LogP contribution in [0.5, 0.6) is 0 Å². The molecule has 0 bridgehead atoms. The molecule has 0 saturated carbocycles. The Morgan fingerprint density at radius 3 is 1.25 bits per heavy atom. The maximum atomic E-state index is 6.50. The molecule has 3 nitrogen and oxygen atoms in total. The Morgan fingerprint density at radius 1 is 1.25 bits per heavy atom. The average Bonchev–Trinajstić information content (AvgIpc) is 1.50. The van der Waals surface area contributed by atoms with E-state index in [1.165, 1.54) is 0 Å². The first-order valence-electron chi connectivity index (χ1n) is 0.476. The van der Waals surface area contributed by atoms with Crippen molar-refractivity contribution >= 4 is 11.8 Å². The van der Waals surface area contributed by atoms with E-state index in [2.05, 4.69) is 22.9 Å². The van der Waals surface area contributed by atoms with E-state index in [1.54, 1.807) is 0 Å². The van der Waals surface area contributed by atoms with Gasteiger partial charge in [0, 0.05) is 0 Å². The van der Waals surface area contributed by atoms with Gasteiger partial charge in [-0.05, 0) is 11.8 Å². The molecule has 0 fully saturated rings. The first-order chi connectivity index (χ1) is 2.00. The van der Waals surface area contributed by atoms with Crippen LogP contribution in [0.1, 0.15) is 0 Å². The maximum absolute atomic E-state index is 6.50. The zero-order valence-corrected chi connectivity index (χ0v) is 2.74. The van der Waals surface area contributed by atoms with Crippen molar-refractivity contribution in [3.63, 3.8) is 0 Å². The SMILES string of the molecule is NCl.NO. The lowest BCUT2D eigenvalue weighted by molar-refractivity contribution is 0.311. The van der Waals surface area contributed by atoms with Crippen molar-refractivity contribution in [1.82, 2.24) is 0 Å². The molecule has 0 aromatic heterocycles. The first kappa shape index (κ1) is 8.90. The van der Waals surface area contributed by atoms with Crippen molar-refractivity contribution in [2.24, 2.45) is 11.1 Å². The van der Waals surface area contributed by atoms with E-state index in [4.69, 9.17) is 5.21 Å². The molecule has 0 amide bonds. The molecule has 0 aromatic rings. The maximum Gasteiger partial charge on any atom is -0.0285 e. The van der Waals surface area contributed by atoms with Gasteiger partial charge in [-0.2, -0.15) is 0 Å². The predicted molar refractivity (Wildman–Crippen MR) is 16.0 cm³/mol. The van der Waals surface area contributed by atoms with Gasteiger partial charge >= 0.3 is 0 Å². The Morgan fingerprint density at radius 2 is 1.25 bits per heavy atom. The van der Waals surface area contributed by atoms with Crippen LogP contribution in [0.15, 0.2) is 0 Å². The lowest BCUT2D eigenvalue weighted by atomic mass is 13.6. The summed E-state index contributed by atoms with van der Waals surface area (Å²) in [6.07, 6.45) is 0. The molecule has 28 valence electrons. The van der Waals surface area contributed by atoms with Crippen molar-refractivity contribution in [3.8, 4) is 0 Å². The van der Waals surface area contributed by atoms with E-state index in [-0.39, 0.29) is 0 Å². The van der Waals surface area contributed by atoms with Gasteiger partial charge in [0.05, 0.1) is 0 Å². The Kier molecular flexibility index (Phi) is 1150. The molecule has 4 heavy (non-hydrogen) atoms. The number of nitrogens with two attached hydrogens (primary N) is 2. The highest BCUT2D eigenvalue weighted by Crippen LogP contribution is 1.15. The fourth-order valence-corrected chi connectivity index (χ4v) is 0.